The number of carboxylic acids is 1. The monoisotopic (exact) mass is 570 g/mol. The first-order valence-electron chi connectivity index (χ1n) is 12.8. The molecule has 2 aromatic heterocycles. The molecule has 12 nitrogen and oxygen atoms in total. The van der Waals surface area contributed by atoms with Crippen LogP contribution >= 0.6 is 0 Å². The third-order valence-electron chi connectivity index (χ3n) is 6.14. The molecule has 2 N–H and O–H groups in total. The molecule has 0 saturated heterocycles. The normalized spacial score (nSPS) is 14.4. The van der Waals surface area contributed by atoms with Gasteiger partial charge in [0.25, 0.3) is 0 Å². The van der Waals surface area contributed by atoms with Crippen molar-refractivity contribution in [3.05, 3.63) is 12.2 Å². The number of rotatable bonds is 6. The van der Waals surface area contributed by atoms with Crippen LogP contribution in [-0.4, -0.2) is 78.5 Å². The summed E-state index contributed by atoms with van der Waals surface area (Å²) >= 11 is 0. The molecule has 1 aliphatic carbocycles. The van der Waals surface area contributed by atoms with Gasteiger partial charge in [-0.3, -0.25) is 9.91 Å². The van der Waals surface area contributed by atoms with Gasteiger partial charge in [-0.2, -0.15) is 28.4 Å². The van der Waals surface area contributed by atoms with Crippen molar-refractivity contribution in [1.29, 1.82) is 5.26 Å². The predicted octanol–water partition coefficient (Wildman–Crippen LogP) is 4.25. The Hall–Kier alpha value is -3.67. The number of nitrogens with one attached hydrogen (secondary N) is 1. The van der Waals surface area contributed by atoms with Gasteiger partial charge in [-0.1, -0.05) is 12.8 Å². The highest BCUT2D eigenvalue weighted by Crippen LogP contribution is 2.30. The van der Waals surface area contributed by atoms with E-state index in [1.165, 1.54) is 0 Å². The first-order valence-corrected chi connectivity index (χ1v) is 12.8. The molecule has 2 heterocycles. The number of anilines is 1. The number of hydrogen-bond acceptors (Lipinski definition) is 9. The van der Waals surface area contributed by atoms with Crippen LogP contribution in [0.25, 0.3) is 11.2 Å². The standard InChI is InChI=1S/C23H36N8O2.C2HF3O2/c1-22(2,3)29(7)12-13-30-15-25-18-19(30)26-17(14-24)27-20(18)31(16-10-8-9-11-16)28-21(32)33-23(4,5)6;3-2(4,5)1(6)7/h15-16H,8-13H2,1-7H3,(H,28,32);(H,6,7). The van der Waals surface area contributed by atoms with Crippen LogP contribution in [0.5, 0.6) is 0 Å². The number of fused-ring (bicyclic) bond motifs is 1. The Morgan fingerprint density at radius 2 is 1.75 bits per heavy atom. The van der Waals surface area contributed by atoms with Crippen molar-refractivity contribution < 1.29 is 32.6 Å². The maximum Gasteiger partial charge on any atom is 0.490 e. The molecule has 1 saturated carbocycles. The Balaban J connectivity index is 0.000000708. The zero-order chi connectivity index (χ0) is 30.5. The molecule has 0 aromatic carbocycles. The second-order valence-corrected chi connectivity index (χ2v) is 11.4. The summed E-state index contributed by atoms with van der Waals surface area (Å²) in [6, 6.07) is 2.10. The number of carbonyl (C=O) groups excluding carboxylic acids is 1. The predicted molar refractivity (Wildman–Crippen MR) is 140 cm³/mol. The van der Waals surface area contributed by atoms with E-state index in [1.807, 2.05) is 25.3 Å². The largest absolute Gasteiger partial charge is 0.490 e. The summed E-state index contributed by atoms with van der Waals surface area (Å²) in [5.74, 6) is -2.29. The molecule has 3 rings (SSSR count). The Labute approximate surface area is 231 Å². The topological polar surface area (TPSA) is 150 Å². The number of amides is 1. The van der Waals surface area contributed by atoms with E-state index in [1.54, 1.807) is 11.3 Å². The van der Waals surface area contributed by atoms with Crippen LogP contribution in [0.1, 0.15) is 73.1 Å². The van der Waals surface area contributed by atoms with Gasteiger partial charge in [0.2, 0.25) is 5.82 Å². The second-order valence-electron chi connectivity index (χ2n) is 11.4. The lowest BCUT2D eigenvalue weighted by Gasteiger charge is -2.32. The maximum atomic E-state index is 12.7. The van der Waals surface area contributed by atoms with Crippen molar-refractivity contribution >= 4 is 29.0 Å². The fourth-order valence-electron chi connectivity index (χ4n) is 3.78. The summed E-state index contributed by atoms with van der Waals surface area (Å²) in [4.78, 5) is 37.3. The zero-order valence-electron chi connectivity index (χ0n) is 23.8. The van der Waals surface area contributed by atoms with Crippen molar-refractivity contribution in [1.82, 2.24) is 29.8 Å². The van der Waals surface area contributed by atoms with Crippen molar-refractivity contribution in [2.24, 2.45) is 0 Å². The summed E-state index contributed by atoms with van der Waals surface area (Å²) in [6.07, 6.45) is 0.000995. The second kappa shape index (κ2) is 12.7. The van der Waals surface area contributed by atoms with Gasteiger partial charge in [0.05, 0.1) is 12.4 Å². The number of hydrogen-bond donors (Lipinski definition) is 2. The molecule has 0 bridgehead atoms. The fraction of sp³-hybridized carbons (Fsp3) is 0.680. The van der Waals surface area contributed by atoms with Gasteiger partial charge in [-0.25, -0.2) is 20.0 Å². The lowest BCUT2D eigenvalue weighted by Crippen LogP contribution is -2.50. The molecule has 0 radical (unpaired) electrons. The number of carboxylic acid groups (broad SMARTS) is 1. The first-order chi connectivity index (χ1) is 18.3. The summed E-state index contributed by atoms with van der Waals surface area (Å²) < 4.78 is 39.2. The number of alkyl halides is 3. The Morgan fingerprint density at radius 3 is 2.23 bits per heavy atom. The number of ether oxygens (including phenoxy) is 1. The van der Waals surface area contributed by atoms with E-state index in [0.29, 0.717) is 23.5 Å². The van der Waals surface area contributed by atoms with Crippen LogP contribution in [-0.2, 0) is 16.1 Å². The number of nitriles is 1. The highest BCUT2D eigenvalue weighted by Gasteiger charge is 2.38. The van der Waals surface area contributed by atoms with Gasteiger partial charge in [0, 0.05) is 18.6 Å². The Kier molecular flexibility index (Phi) is 10.3. The van der Waals surface area contributed by atoms with Gasteiger partial charge in [-0.05, 0) is 61.4 Å². The molecule has 0 unspecified atom stereocenters. The minimum atomic E-state index is -5.08. The molecule has 40 heavy (non-hydrogen) atoms. The third kappa shape index (κ3) is 9.22. The molecule has 15 heteroatoms. The van der Waals surface area contributed by atoms with E-state index in [9.17, 15) is 23.2 Å². The molecular formula is C25H37F3N8O4. The van der Waals surface area contributed by atoms with Gasteiger partial charge in [0.1, 0.15) is 11.7 Å². The first kappa shape index (κ1) is 32.5. The Bertz CT molecular complexity index is 1220. The van der Waals surface area contributed by atoms with Crippen molar-refractivity contribution in [3.8, 4) is 6.07 Å². The average molecular weight is 571 g/mol. The number of aromatic nitrogens is 4. The van der Waals surface area contributed by atoms with Crippen LogP contribution in [0.15, 0.2) is 6.33 Å². The number of carbonyl (C=O) groups is 2. The van der Waals surface area contributed by atoms with Crippen LogP contribution in [0.2, 0.25) is 0 Å². The molecule has 1 aliphatic rings. The van der Waals surface area contributed by atoms with E-state index >= 15 is 0 Å². The van der Waals surface area contributed by atoms with Crippen molar-refractivity contribution in [2.45, 2.75) is 97.1 Å². The van der Waals surface area contributed by atoms with Gasteiger partial charge >= 0.3 is 18.2 Å². The fourth-order valence-corrected chi connectivity index (χ4v) is 3.78. The molecule has 0 spiro atoms. The summed E-state index contributed by atoms with van der Waals surface area (Å²) in [5, 5.41) is 18.5. The quantitative estimate of drug-likeness (QED) is 0.483. The summed E-state index contributed by atoms with van der Waals surface area (Å²) in [5.41, 5.74) is 3.40. The maximum absolute atomic E-state index is 12.7. The molecule has 222 valence electrons. The Morgan fingerprint density at radius 1 is 1.18 bits per heavy atom. The average Bonchev–Trinajstić information content (AvgIpc) is 3.48. The molecule has 1 fully saturated rings. The van der Waals surface area contributed by atoms with Gasteiger partial charge in [-0.15, -0.1) is 0 Å². The third-order valence-corrected chi connectivity index (χ3v) is 6.14. The van der Waals surface area contributed by atoms with E-state index < -0.39 is 23.8 Å². The highest BCUT2D eigenvalue weighted by atomic mass is 19.4. The molecule has 2 aromatic rings. The van der Waals surface area contributed by atoms with E-state index in [4.69, 9.17) is 14.6 Å². The molecule has 0 aliphatic heterocycles. The molecule has 1 amide bonds. The number of nitrogens with zero attached hydrogens (tertiary/aromatic N) is 7. The van der Waals surface area contributed by atoms with Gasteiger partial charge < -0.3 is 14.4 Å². The number of likely N-dealkylation sites (N-methyl/N-ethyl adjacent to an activating group) is 1. The minimum Gasteiger partial charge on any atom is -0.475 e. The van der Waals surface area contributed by atoms with Crippen LogP contribution in [0.4, 0.5) is 23.8 Å². The van der Waals surface area contributed by atoms with Crippen molar-refractivity contribution in [3.63, 3.8) is 0 Å². The van der Waals surface area contributed by atoms with Crippen LogP contribution < -0.4 is 10.4 Å². The number of aliphatic carboxylic acids is 1. The van der Waals surface area contributed by atoms with Gasteiger partial charge in [0.15, 0.2) is 17.0 Å². The van der Waals surface area contributed by atoms with Crippen LogP contribution in [0.3, 0.4) is 0 Å². The molecule has 0 atom stereocenters. The minimum absolute atomic E-state index is 0.0327. The lowest BCUT2D eigenvalue weighted by atomic mass is 10.1. The summed E-state index contributed by atoms with van der Waals surface area (Å²) in [7, 11) is 2.08. The number of imidazole rings is 1. The smallest absolute Gasteiger partial charge is 0.475 e. The van der Waals surface area contributed by atoms with Crippen LogP contribution in [0, 0.1) is 11.3 Å². The lowest BCUT2D eigenvalue weighted by molar-refractivity contribution is -0.192. The summed E-state index contributed by atoms with van der Waals surface area (Å²) in [6.45, 7) is 13.4. The van der Waals surface area contributed by atoms with E-state index in [-0.39, 0.29) is 17.4 Å². The van der Waals surface area contributed by atoms with E-state index in [2.05, 4.69) is 59.2 Å². The highest BCUT2D eigenvalue weighted by molar-refractivity contribution is 5.85. The number of hydrazine groups is 1. The number of halogens is 3. The SMILES string of the molecule is CN(CCn1cnc2c(N(NC(=O)OC(C)(C)C)C3CCCC3)nc(C#N)nc21)C(C)(C)C.O=C(O)C(F)(F)F. The van der Waals surface area contributed by atoms with Crippen molar-refractivity contribution in [2.75, 3.05) is 18.6 Å². The zero-order valence-corrected chi connectivity index (χ0v) is 23.8. The van der Waals surface area contributed by atoms with E-state index in [0.717, 1.165) is 32.2 Å². The molecular weight excluding hydrogens is 533 g/mol.